The molecule has 1 aliphatic heterocycles. The summed E-state index contributed by atoms with van der Waals surface area (Å²) in [5.74, 6) is -0.0382. The van der Waals surface area contributed by atoms with Crippen molar-refractivity contribution in [1.82, 2.24) is 4.90 Å². The lowest BCUT2D eigenvalue weighted by Gasteiger charge is -2.18. The quantitative estimate of drug-likeness (QED) is 0.669. The Balaban J connectivity index is 2.31. The molecular weight excluding hydrogens is 178 g/mol. The molecule has 14 heavy (non-hydrogen) atoms. The van der Waals surface area contributed by atoms with E-state index < -0.39 is 0 Å². The van der Waals surface area contributed by atoms with E-state index in [-0.39, 0.29) is 11.5 Å². The number of hydrogen-bond acceptors (Lipinski definition) is 3. The maximum atomic E-state index is 9.34. The van der Waals surface area contributed by atoms with Crippen LogP contribution in [0.5, 0.6) is 11.5 Å². The van der Waals surface area contributed by atoms with E-state index in [9.17, 15) is 10.2 Å². The number of phenols is 2. The second-order valence-corrected chi connectivity index (χ2v) is 4.11. The zero-order chi connectivity index (χ0) is 10.3. The molecule has 0 unspecified atom stereocenters. The van der Waals surface area contributed by atoms with Crippen molar-refractivity contribution in [2.24, 2.45) is 0 Å². The van der Waals surface area contributed by atoms with Gasteiger partial charge < -0.3 is 10.2 Å². The summed E-state index contributed by atoms with van der Waals surface area (Å²) in [6.45, 7) is 6.01. The van der Waals surface area contributed by atoms with Crippen LogP contribution in [0.1, 0.15) is 25.0 Å². The minimum atomic E-state index is -0.0191. The lowest BCUT2D eigenvalue weighted by Crippen LogP contribution is -2.24. The third-order valence-electron chi connectivity index (χ3n) is 2.77. The molecule has 0 aromatic heterocycles. The Hall–Kier alpha value is -1.22. The third-order valence-corrected chi connectivity index (χ3v) is 2.77. The molecule has 0 saturated carbocycles. The smallest absolute Gasteiger partial charge is 0.157 e. The van der Waals surface area contributed by atoms with Crippen LogP contribution in [0.4, 0.5) is 0 Å². The van der Waals surface area contributed by atoms with Crippen molar-refractivity contribution in [3.63, 3.8) is 0 Å². The minimum absolute atomic E-state index is 0.0191. The number of fused-ring (bicyclic) bond motifs is 1. The molecule has 0 bridgehead atoms. The zero-order valence-corrected chi connectivity index (χ0v) is 8.49. The molecule has 76 valence electrons. The van der Waals surface area contributed by atoms with Gasteiger partial charge in [0.25, 0.3) is 0 Å². The molecule has 1 aliphatic rings. The van der Waals surface area contributed by atoms with E-state index in [2.05, 4.69) is 18.7 Å². The molecule has 0 spiro atoms. The number of phenolic OH excluding ortho intramolecular Hbond substituents is 2. The Morgan fingerprint density at radius 3 is 1.86 bits per heavy atom. The van der Waals surface area contributed by atoms with Crippen molar-refractivity contribution in [3.8, 4) is 11.5 Å². The molecule has 0 amide bonds. The summed E-state index contributed by atoms with van der Waals surface area (Å²) < 4.78 is 0. The van der Waals surface area contributed by atoms with Crippen LogP contribution < -0.4 is 0 Å². The van der Waals surface area contributed by atoms with Crippen LogP contribution in [0.25, 0.3) is 0 Å². The summed E-state index contributed by atoms with van der Waals surface area (Å²) in [6, 6.07) is 3.81. The van der Waals surface area contributed by atoms with Crippen molar-refractivity contribution in [1.29, 1.82) is 0 Å². The van der Waals surface area contributed by atoms with Crippen molar-refractivity contribution >= 4 is 0 Å². The Morgan fingerprint density at radius 2 is 1.50 bits per heavy atom. The summed E-state index contributed by atoms with van der Waals surface area (Å²) in [5.41, 5.74) is 2.24. The summed E-state index contributed by atoms with van der Waals surface area (Å²) in [7, 11) is 0. The number of rotatable bonds is 1. The average Bonchev–Trinajstić information content (AvgIpc) is 2.48. The van der Waals surface area contributed by atoms with E-state index in [0.29, 0.717) is 6.04 Å². The summed E-state index contributed by atoms with van der Waals surface area (Å²) >= 11 is 0. The third kappa shape index (κ3) is 1.44. The first kappa shape index (κ1) is 9.34. The van der Waals surface area contributed by atoms with Crippen LogP contribution in [0, 0.1) is 0 Å². The average molecular weight is 193 g/mol. The Labute approximate surface area is 83.6 Å². The minimum Gasteiger partial charge on any atom is -0.504 e. The number of aromatic hydroxyl groups is 2. The van der Waals surface area contributed by atoms with Gasteiger partial charge in [0.15, 0.2) is 11.5 Å². The number of nitrogens with zero attached hydrogens (tertiary/aromatic N) is 1. The lowest BCUT2D eigenvalue weighted by atomic mass is 10.1. The van der Waals surface area contributed by atoms with Crippen molar-refractivity contribution < 1.29 is 10.2 Å². The first-order chi connectivity index (χ1) is 6.58. The molecule has 0 atom stereocenters. The molecule has 0 fully saturated rings. The highest BCUT2D eigenvalue weighted by atomic mass is 16.3. The predicted octanol–water partition coefficient (Wildman–Crippen LogP) is 1.82. The van der Waals surface area contributed by atoms with E-state index in [1.54, 1.807) is 12.1 Å². The standard InChI is InChI=1S/C11H15NO2/c1-7(2)12-5-8-3-10(13)11(14)4-9(8)6-12/h3-4,7,13-14H,5-6H2,1-2H3. The first-order valence-corrected chi connectivity index (χ1v) is 4.85. The Kier molecular flexibility index (Phi) is 2.11. The maximum Gasteiger partial charge on any atom is 0.157 e. The van der Waals surface area contributed by atoms with E-state index in [0.717, 1.165) is 24.2 Å². The first-order valence-electron chi connectivity index (χ1n) is 4.85. The monoisotopic (exact) mass is 193 g/mol. The van der Waals surface area contributed by atoms with Crippen molar-refractivity contribution in [2.45, 2.75) is 33.0 Å². The molecule has 0 saturated heterocycles. The van der Waals surface area contributed by atoms with Gasteiger partial charge in [0, 0.05) is 19.1 Å². The zero-order valence-electron chi connectivity index (χ0n) is 8.49. The lowest BCUT2D eigenvalue weighted by molar-refractivity contribution is 0.227. The van der Waals surface area contributed by atoms with E-state index in [4.69, 9.17) is 0 Å². The normalized spacial score (nSPS) is 16.2. The molecular formula is C11H15NO2. The fraction of sp³-hybridized carbons (Fsp3) is 0.455. The van der Waals surface area contributed by atoms with Gasteiger partial charge in [0.05, 0.1) is 0 Å². The Bertz CT molecular complexity index is 330. The fourth-order valence-electron chi connectivity index (χ4n) is 1.82. The van der Waals surface area contributed by atoms with Gasteiger partial charge in [0.1, 0.15) is 0 Å². The summed E-state index contributed by atoms with van der Waals surface area (Å²) in [5, 5.41) is 18.7. The number of hydrogen-bond donors (Lipinski definition) is 2. The molecule has 1 aromatic rings. The summed E-state index contributed by atoms with van der Waals surface area (Å²) in [4.78, 5) is 2.30. The molecule has 1 heterocycles. The van der Waals surface area contributed by atoms with E-state index >= 15 is 0 Å². The number of benzene rings is 1. The van der Waals surface area contributed by atoms with Gasteiger partial charge in [-0.2, -0.15) is 0 Å². The van der Waals surface area contributed by atoms with Gasteiger partial charge in [-0.05, 0) is 37.1 Å². The maximum absolute atomic E-state index is 9.34. The SMILES string of the molecule is CC(C)N1Cc2cc(O)c(O)cc2C1. The van der Waals surface area contributed by atoms with Gasteiger partial charge in [-0.3, -0.25) is 4.90 Å². The second kappa shape index (κ2) is 3.17. The highest BCUT2D eigenvalue weighted by molar-refractivity contribution is 5.46. The van der Waals surface area contributed by atoms with E-state index in [1.165, 1.54) is 0 Å². The largest absolute Gasteiger partial charge is 0.504 e. The van der Waals surface area contributed by atoms with Gasteiger partial charge in [-0.1, -0.05) is 0 Å². The van der Waals surface area contributed by atoms with Gasteiger partial charge in [-0.25, -0.2) is 0 Å². The molecule has 3 heteroatoms. The van der Waals surface area contributed by atoms with Crippen molar-refractivity contribution in [3.05, 3.63) is 23.3 Å². The predicted molar refractivity (Wildman–Crippen MR) is 54.2 cm³/mol. The molecule has 1 aromatic carbocycles. The molecule has 0 aliphatic carbocycles. The van der Waals surface area contributed by atoms with E-state index in [1.807, 2.05) is 0 Å². The van der Waals surface area contributed by atoms with Crippen LogP contribution in [0.15, 0.2) is 12.1 Å². The van der Waals surface area contributed by atoms with Gasteiger partial charge in [0.2, 0.25) is 0 Å². The highest BCUT2D eigenvalue weighted by Crippen LogP contribution is 2.33. The van der Waals surface area contributed by atoms with Crippen LogP contribution in [-0.4, -0.2) is 21.2 Å². The summed E-state index contributed by atoms with van der Waals surface area (Å²) in [6.07, 6.45) is 0. The van der Waals surface area contributed by atoms with Gasteiger partial charge >= 0.3 is 0 Å². The van der Waals surface area contributed by atoms with Crippen LogP contribution in [-0.2, 0) is 13.1 Å². The fourth-order valence-corrected chi connectivity index (χ4v) is 1.82. The van der Waals surface area contributed by atoms with Crippen molar-refractivity contribution in [2.75, 3.05) is 0 Å². The molecule has 0 radical (unpaired) electrons. The molecule has 2 rings (SSSR count). The topological polar surface area (TPSA) is 43.7 Å². The van der Waals surface area contributed by atoms with Gasteiger partial charge in [-0.15, -0.1) is 0 Å². The Morgan fingerprint density at radius 1 is 1.07 bits per heavy atom. The van der Waals surface area contributed by atoms with Crippen LogP contribution in [0.2, 0.25) is 0 Å². The second-order valence-electron chi connectivity index (χ2n) is 4.11. The van der Waals surface area contributed by atoms with Crippen LogP contribution in [0.3, 0.4) is 0 Å². The highest BCUT2D eigenvalue weighted by Gasteiger charge is 2.22. The van der Waals surface area contributed by atoms with Crippen LogP contribution >= 0.6 is 0 Å². The molecule has 3 nitrogen and oxygen atoms in total. The molecule has 2 N–H and O–H groups in total.